The van der Waals surface area contributed by atoms with E-state index in [0.717, 1.165) is 6.42 Å². The van der Waals surface area contributed by atoms with E-state index in [4.69, 9.17) is 9.84 Å². The Kier molecular flexibility index (Phi) is 4.19. The van der Waals surface area contributed by atoms with Gasteiger partial charge in [0.2, 0.25) is 0 Å². The van der Waals surface area contributed by atoms with Gasteiger partial charge in [0.15, 0.2) is 5.69 Å². The van der Waals surface area contributed by atoms with Crippen molar-refractivity contribution >= 4 is 11.9 Å². The minimum absolute atomic E-state index is 0.133. The molecule has 2 rings (SSSR count). The van der Waals surface area contributed by atoms with Gasteiger partial charge in [0.05, 0.1) is 12.6 Å². The topological polar surface area (TPSA) is 84.7 Å². The van der Waals surface area contributed by atoms with Gasteiger partial charge in [-0.05, 0) is 6.42 Å². The molecule has 7 nitrogen and oxygen atoms in total. The molecule has 108 valence electrons. The van der Waals surface area contributed by atoms with E-state index >= 15 is 0 Å². The van der Waals surface area contributed by atoms with Crippen LogP contribution in [-0.2, 0) is 11.8 Å². The second kappa shape index (κ2) is 5.87. The summed E-state index contributed by atoms with van der Waals surface area (Å²) in [5.74, 6) is -1.38. The van der Waals surface area contributed by atoms with Crippen LogP contribution in [-0.4, -0.2) is 58.0 Å². The lowest BCUT2D eigenvalue weighted by Gasteiger charge is -2.31. The fraction of sp³-hybridized carbons (Fsp3) is 0.462. The summed E-state index contributed by atoms with van der Waals surface area (Å²) in [5, 5.41) is 12.7. The van der Waals surface area contributed by atoms with Crippen LogP contribution in [0.2, 0.25) is 0 Å². The highest BCUT2D eigenvalue weighted by atomic mass is 16.5. The number of ether oxygens (including phenoxy) is 1. The van der Waals surface area contributed by atoms with Gasteiger partial charge in [-0.15, -0.1) is 0 Å². The Morgan fingerprint density at radius 3 is 2.90 bits per heavy atom. The van der Waals surface area contributed by atoms with Gasteiger partial charge in [-0.25, -0.2) is 4.79 Å². The second-order valence-electron chi connectivity index (χ2n) is 4.58. The molecular weight excluding hydrogens is 262 g/mol. The molecule has 2 heterocycles. The maximum absolute atomic E-state index is 12.5. The molecule has 0 saturated carbocycles. The maximum atomic E-state index is 12.5. The molecule has 7 heteroatoms. The summed E-state index contributed by atoms with van der Waals surface area (Å²) < 4.78 is 6.41. The summed E-state index contributed by atoms with van der Waals surface area (Å²) in [6.45, 7) is 0.989. The zero-order valence-corrected chi connectivity index (χ0v) is 11.4. The van der Waals surface area contributed by atoms with Crippen LogP contribution in [0.3, 0.4) is 0 Å². The molecule has 0 aromatic carbocycles. The largest absolute Gasteiger partial charge is 0.476 e. The molecule has 0 bridgehead atoms. The van der Waals surface area contributed by atoms with Gasteiger partial charge in [0.25, 0.3) is 5.91 Å². The van der Waals surface area contributed by atoms with Crippen molar-refractivity contribution in [3.05, 3.63) is 29.6 Å². The summed E-state index contributed by atoms with van der Waals surface area (Å²) >= 11 is 0. The zero-order chi connectivity index (χ0) is 14.7. The fourth-order valence-corrected chi connectivity index (χ4v) is 2.22. The number of methoxy groups -OCH3 is 1. The van der Waals surface area contributed by atoms with Gasteiger partial charge in [-0.1, -0.05) is 12.2 Å². The Labute approximate surface area is 116 Å². The molecule has 20 heavy (non-hydrogen) atoms. The molecule has 1 aromatic heterocycles. The first-order valence-electron chi connectivity index (χ1n) is 6.28. The molecule has 1 aromatic rings. The quantitative estimate of drug-likeness (QED) is 0.813. The van der Waals surface area contributed by atoms with Gasteiger partial charge >= 0.3 is 5.97 Å². The van der Waals surface area contributed by atoms with Crippen LogP contribution < -0.4 is 0 Å². The van der Waals surface area contributed by atoms with Crippen LogP contribution in [0.1, 0.15) is 27.4 Å². The predicted octanol–water partition coefficient (Wildman–Crippen LogP) is 0.535. The van der Waals surface area contributed by atoms with Crippen LogP contribution in [0.4, 0.5) is 0 Å². The monoisotopic (exact) mass is 279 g/mol. The normalized spacial score (nSPS) is 18.3. The minimum atomic E-state index is -1.15. The average Bonchev–Trinajstić information content (AvgIpc) is 2.81. The molecule has 0 saturated heterocycles. The summed E-state index contributed by atoms with van der Waals surface area (Å²) in [6.07, 6.45) is 4.72. The van der Waals surface area contributed by atoms with Crippen molar-refractivity contribution in [3.63, 3.8) is 0 Å². The van der Waals surface area contributed by atoms with Crippen molar-refractivity contribution in [3.8, 4) is 0 Å². The highest BCUT2D eigenvalue weighted by Crippen LogP contribution is 2.15. The van der Waals surface area contributed by atoms with Crippen molar-refractivity contribution in [2.45, 2.75) is 12.5 Å². The van der Waals surface area contributed by atoms with Gasteiger partial charge < -0.3 is 14.7 Å². The van der Waals surface area contributed by atoms with Crippen LogP contribution in [0.5, 0.6) is 0 Å². The second-order valence-corrected chi connectivity index (χ2v) is 4.58. The average molecular weight is 279 g/mol. The van der Waals surface area contributed by atoms with Crippen molar-refractivity contribution in [2.24, 2.45) is 7.05 Å². The lowest BCUT2D eigenvalue weighted by molar-refractivity contribution is 0.0586. The number of carbonyl (C=O) groups excluding carboxylic acids is 1. The van der Waals surface area contributed by atoms with E-state index in [-0.39, 0.29) is 23.3 Å². The van der Waals surface area contributed by atoms with Gasteiger partial charge in [-0.2, -0.15) is 5.10 Å². The number of aromatic nitrogens is 2. The van der Waals surface area contributed by atoms with Gasteiger partial charge in [0, 0.05) is 26.8 Å². The lowest BCUT2D eigenvalue weighted by Crippen LogP contribution is -2.44. The number of hydrogen-bond acceptors (Lipinski definition) is 4. The van der Waals surface area contributed by atoms with E-state index in [1.54, 1.807) is 19.1 Å². The van der Waals surface area contributed by atoms with Crippen LogP contribution in [0.25, 0.3) is 0 Å². The molecule has 0 fully saturated rings. The SMILES string of the molecule is COCC1C=CCCN1C(=O)c1cc(C(=O)O)nn1C. The van der Waals surface area contributed by atoms with Gasteiger partial charge in [-0.3, -0.25) is 9.48 Å². The van der Waals surface area contributed by atoms with Crippen LogP contribution in [0.15, 0.2) is 18.2 Å². The Morgan fingerprint density at radius 1 is 1.55 bits per heavy atom. The third-order valence-electron chi connectivity index (χ3n) is 3.21. The van der Waals surface area contributed by atoms with E-state index < -0.39 is 5.97 Å². The summed E-state index contributed by atoms with van der Waals surface area (Å²) in [5.41, 5.74) is 0.130. The lowest BCUT2D eigenvalue weighted by atomic mass is 10.1. The first-order valence-corrected chi connectivity index (χ1v) is 6.28. The van der Waals surface area contributed by atoms with E-state index in [1.165, 1.54) is 10.7 Å². The first-order chi connectivity index (χ1) is 9.54. The molecule has 1 aliphatic rings. The molecular formula is C13H17N3O4. The molecule has 0 radical (unpaired) electrons. The summed E-state index contributed by atoms with van der Waals surface area (Å²) in [6, 6.07) is 1.16. The Morgan fingerprint density at radius 2 is 2.30 bits per heavy atom. The third-order valence-corrected chi connectivity index (χ3v) is 3.21. The molecule has 1 aliphatic heterocycles. The fourth-order valence-electron chi connectivity index (χ4n) is 2.22. The molecule has 1 amide bonds. The van der Waals surface area contributed by atoms with E-state index in [0.29, 0.717) is 13.2 Å². The van der Waals surface area contributed by atoms with Crippen molar-refractivity contribution in [1.82, 2.24) is 14.7 Å². The number of carboxylic acid groups (broad SMARTS) is 1. The summed E-state index contributed by atoms with van der Waals surface area (Å²) in [4.78, 5) is 25.1. The molecule has 1 unspecified atom stereocenters. The first kappa shape index (κ1) is 14.3. The number of carbonyl (C=O) groups is 2. The molecule has 1 atom stereocenters. The molecule has 1 N–H and O–H groups in total. The van der Waals surface area contributed by atoms with Gasteiger partial charge in [0.1, 0.15) is 5.69 Å². The number of aromatic carboxylic acids is 1. The third kappa shape index (κ3) is 2.72. The number of rotatable bonds is 4. The summed E-state index contributed by atoms with van der Waals surface area (Å²) in [7, 11) is 3.14. The Balaban J connectivity index is 2.25. The number of hydrogen-bond donors (Lipinski definition) is 1. The highest BCUT2D eigenvalue weighted by molar-refractivity contribution is 5.96. The van der Waals surface area contributed by atoms with Crippen molar-refractivity contribution in [2.75, 3.05) is 20.3 Å². The predicted molar refractivity (Wildman–Crippen MR) is 70.6 cm³/mol. The Bertz CT molecular complexity index is 550. The van der Waals surface area contributed by atoms with Crippen molar-refractivity contribution < 1.29 is 19.4 Å². The van der Waals surface area contributed by atoms with Crippen molar-refractivity contribution in [1.29, 1.82) is 0 Å². The van der Waals surface area contributed by atoms with E-state index in [9.17, 15) is 9.59 Å². The smallest absolute Gasteiger partial charge is 0.356 e. The molecule has 0 spiro atoms. The highest BCUT2D eigenvalue weighted by Gasteiger charge is 2.27. The zero-order valence-electron chi connectivity index (χ0n) is 11.4. The number of amides is 1. The van der Waals surface area contributed by atoms with Crippen LogP contribution >= 0.6 is 0 Å². The standard InChI is InChI=1S/C13H17N3O4/c1-15-11(7-10(14-15)13(18)19)12(17)16-6-4-3-5-9(16)8-20-2/h3,5,7,9H,4,6,8H2,1-2H3,(H,18,19). The minimum Gasteiger partial charge on any atom is -0.476 e. The molecule has 0 aliphatic carbocycles. The van der Waals surface area contributed by atoms with Crippen LogP contribution in [0, 0.1) is 0 Å². The Hall–Kier alpha value is -2.15. The van der Waals surface area contributed by atoms with E-state index in [1.807, 2.05) is 12.2 Å². The number of nitrogens with zero attached hydrogens (tertiary/aromatic N) is 3. The number of aryl methyl sites for hydroxylation is 1. The van der Waals surface area contributed by atoms with E-state index in [2.05, 4.69) is 5.10 Å². The maximum Gasteiger partial charge on any atom is 0.356 e. The number of carboxylic acids is 1.